The summed E-state index contributed by atoms with van der Waals surface area (Å²) in [6, 6.07) is 18.7. The molecule has 8 heteroatoms. The molecule has 2 N–H and O–H groups in total. The molecule has 6 nitrogen and oxygen atoms in total. The van der Waals surface area contributed by atoms with Crippen molar-refractivity contribution >= 4 is 33.3 Å². The van der Waals surface area contributed by atoms with Gasteiger partial charge in [0.15, 0.2) is 0 Å². The molecule has 3 rings (SSSR count). The lowest BCUT2D eigenvalue weighted by molar-refractivity contribution is 0.0697. The van der Waals surface area contributed by atoms with Gasteiger partial charge in [-0.1, -0.05) is 35.9 Å². The van der Waals surface area contributed by atoms with Crippen LogP contribution >= 0.6 is 11.6 Å². The molecule has 3 aromatic carbocycles. The maximum atomic E-state index is 12.6. The summed E-state index contributed by atoms with van der Waals surface area (Å²) in [5, 5.41) is 9.37. The second-order valence-electron chi connectivity index (χ2n) is 5.85. The molecule has 0 amide bonds. The van der Waals surface area contributed by atoms with Crippen molar-refractivity contribution < 1.29 is 23.1 Å². The van der Waals surface area contributed by atoms with Gasteiger partial charge >= 0.3 is 5.97 Å². The van der Waals surface area contributed by atoms with Crippen molar-refractivity contribution in [2.24, 2.45) is 0 Å². The zero-order valence-electron chi connectivity index (χ0n) is 14.5. The molecule has 3 aromatic rings. The molecule has 0 heterocycles. The zero-order chi connectivity index (χ0) is 20.1. The maximum Gasteiger partial charge on any atom is 0.335 e. The Hall–Kier alpha value is -3.03. The summed E-state index contributed by atoms with van der Waals surface area (Å²) in [5.41, 5.74) is 1.22. The van der Waals surface area contributed by atoms with Crippen LogP contribution in [0.2, 0.25) is 5.02 Å². The Labute approximate surface area is 167 Å². The van der Waals surface area contributed by atoms with Gasteiger partial charge in [0.2, 0.25) is 0 Å². The van der Waals surface area contributed by atoms with E-state index in [2.05, 4.69) is 4.72 Å². The number of benzene rings is 3. The highest BCUT2D eigenvalue weighted by molar-refractivity contribution is 7.92. The van der Waals surface area contributed by atoms with E-state index in [1.165, 1.54) is 36.4 Å². The molecule has 144 valence electrons. The number of halogens is 1. The van der Waals surface area contributed by atoms with Crippen molar-refractivity contribution in [1.82, 2.24) is 0 Å². The van der Waals surface area contributed by atoms with E-state index in [9.17, 15) is 13.2 Å². The standard InChI is InChI=1S/C20H16ClNO5S/c21-16-9-11-17(12-10-16)28(25,26)22-18-3-1-2-4-19(18)27-13-14-5-7-15(8-6-14)20(23)24/h1-12,22H,13H2,(H,23,24). The quantitative estimate of drug-likeness (QED) is 0.593. The van der Waals surface area contributed by atoms with Gasteiger partial charge < -0.3 is 9.84 Å². The van der Waals surface area contributed by atoms with Gasteiger partial charge in [0.05, 0.1) is 16.1 Å². The monoisotopic (exact) mass is 417 g/mol. The molecule has 0 fully saturated rings. The van der Waals surface area contributed by atoms with E-state index >= 15 is 0 Å². The predicted molar refractivity (Wildman–Crippen MR) is 106 cm³/mol. The van der Waals surface area contributed by atoms with Crippen LogP contribution in [-0.2, 0) is 16.6 Å². The van der Waals surface area contributed by atoms with Gasteiger partial charge in [0.1, 0.15) is 12.4 Å². The number of anilines is 1. The number of sulfonamides is 1. The Bertz CT molecular complexity index is 1080. The Morgan fingerprint density at radius 3 is 2.25 bits per heavy atom. The van der Waals surface area contributed by atoms with Crippen molar-refractivity contribution in [2.75, 3.05) is 4.72 Å². The number of carboxylic acid groups (broad SMARTS) is 1. The van der Waals surface area contributed by atoms with E-state index in [-0.39, 0.29) is 17.1 Å². The summed E-state index contributed by atoms with van der Waals surface area (Å²) < 4.78 is 33.4. The van der Waals surface area contributed by atoms with Crippen LogP contribution < -0.4 is 9.46 Å². The van der Waals surface area contributed by atoms with Crippen LogP contribution in [0.15, 0.2) is 77.7 Å². The molecule has 0 bridgehead atoms. The third-order valence-electron chi connectivity index (χ3n) is 3.85. The molecule has 0 aliphatic rings. The van der Waals surface area contributed by atoms with Crippen molar-refractivity contribution in [2.45, 2.75) is 11.5 Å². The number of ether oxygens (including phenoxy) is 1. The number of carbonyl (C=O) groups is 1. The van der Waals surface area contributed by atoms with Crippen LogP contribution in [0.4, 0.5) is 5.69 Å². The van der Waals surface area contributed by atoms with Gasteiger partial charge in [0, 0.05) is 5.02 Å². The van der Waals surface area contributed by atoms with Gasteiger partial charge in [-0.05, 0) is 54.1 Å². The Morgan fingerprint density at radius 1 is 0.964 bits per heavy atom. The highest BCUT2D eigenvalue weighted by atomic mass is 35.5. The Balaban J connectivity index is 1.75. The molecular formula is C20H16ClNO5S. The largest absolute Gasteiger partial charge is 0.487 e. The molecule has 0 aromatic heterocycles. The van der Waals surface area contributed by atoms with Gasteiger partial charge in [-0.15, -0.1) is 0 Å². The first-order valence-corrected chi connectivity index (χ1v) is 10.0. The second-order valence-corrected chi connectivity index (χ2v) is 7.97. The highest BCUT2D eigenvalue weighted by Gasteiger charge is 2.16. The molecule has 0 aliphatic carbocycles. The van der Waals surface area contributed by atoms with E-state index in [4.69, 9.17) is 21.4 Å². The third kappa shape index (κ3) is 4.82. The molecular weight excluding hydrogens is 402 g/mol. The fourth-order valence-corrected chi connectivity index (χ4v) is 3.60. The van der Waals surface area contributed by atoms with Crippen LogP contribution in [0.3, 0.4) is 0 Å². The van der Waals surface area contributed by atoms with Gasteiger partial charge in [-0.2, -0.15) is 0 Å². The SMILES string of the molecule is O=C(O)c1ccc(COc2ccccc2NS(=O)(=O)c2ccc(Cl)cc2)cc1. The minimum Gasteiger partial charge on any atom is -0.487 e. The zero-order valence-corrected chi connectivity index (χ0v) is 16.1. The lowest BCUT2D eigenvalue weighted by Gasteiger charge is -2.14. The Kier molecular flexibility index (Phi) is 5.87. The second kappa shape index (κ2) is 8.33. The summed E-state index contributed by atoms with van der Waals surface area (Å²) >= 11 is 5.81. The number of nitrogens with one attached hydrogen (secondary N) is 1. The van der Waals surface area contributed by atoms with Gasteiger partial charge in [-0.25, -0.2) is 13.2 Å². The first-order chi connectivity index (χ1) is 13.3. The van der Waals surface area contributed by atoms with Crippen molar-refractivity contribution in [3.8, 4) is 5.75 Å². The predicted octanol–water partition coefficient (Wildman–Crippen LogP) is 4.42. The number of para-hydroxylation sites is 2. The van der Waals surface area contributed by atoms with Crippen molar-refractivity contribution in [3.05, 3.63) is 88.9 Å². The summed E-state index contributed by atoms with van der Waals surface area (Å²) in [5.74, 6) is -0.656. The molecule has 0 saturated carbocycles. The first kappa shape index (κ1) is 19.7. The molecule has 0 radical (unpaired) electrons. The van der Waals surface area contributed by atoms with Crippen LogP contribution in [0, 0.1) is 0 Å². The minimum atomic E-state index is -3.80. The van der Waals surface area contributed by atoms with E-state index in [1.807, 2.05) is 0 Å². The van der Waals surface area contributed by atoms with Crippen LogP contribution in [0.25, 0.3) is 0 Å². The van der Waals surface area contributed by atoms with E-state index in [0.717, 1.165) is 5.56 Å². The molecule has 0 aliphatic heterocycles. The number of hydrogen-bond acceptors (Lipinski definition) is 4. The van der Waals surface area contributed by atoms with Crippen LogP contribution in [0.1, 0.15) is 15.9 Å². The van der Waals surface area contributed by atoms with Gasteiger partial charge in [0.25, 0.3) is 10.0 Å². The normalized spacial score (nSPS) is 11.0. The summed E-state index contributed by atoms with van der Waals surface area (Å²) in [7, 11) is -3.80. The summed E-state index contributed by atoms with van der Waals surface area (Å²) in [6.07, 6.45) is 0. The first-order valence-electron chi connectivity index (χ1n) is 8.17. The smallest absolute Gasteiger partial charge is 0.335 e. The molecule has 28 heavy (non-hydrogen) atoms. The number of carboxylic acids is 1. The third-order valence-corrected chi connectivity index (χ3v) is 5.48. The fraction of sp³-hybridized carbons (Fsp3) is 0.0500. The lowest BCUT2D eigenvalue weighted by Crippen LogP contribution is -2.13. The van der Waals surface area contributed by atoms with E-state index < -0.39 is 16.0 Å². The lowest BCUT2D eigenvalue weighted by atomic mass is 10.1. The van der Waals surface area contributed by atoms with Crippen LogP contribution in [0.5, 0.6) is 5.75 Å². The van der Waals surface area contributed by atoms with Crippen molar-refractivity contribution in [1.29, 1.82) is 0 Å². The molecule has 0 saturated heterocycles. The van der Waals surface area contributed by atoms with E-state index in [0.29, 0.717) is 16.5 Å². The average Bonchev–Trinajstić information content (AvgIpc) is 2.68. The molecule has 0 atom stereocenters. The molecule has 0 unspecified atom stereocenters. The topological polar surface area (TPSA) is 92.7 Å². The van der Waals surface area contributed by atoms with Gasteiger partial charge in [-0.3, -0.25) is 4.72 Å². The van der Waals surface area contributed by atoms with Crippen molar-refractivity contribution in [3.63, 3.8) is 0 Å². The fourth-order valence-electron chi connectivity index (χ4n) is 2.40. The van der Waals surface area contributed by atoms with Crippen LogP contribution in [-0.4, -0.2) is 19.5 Å². The Morgan fingerprint density at radius 2 is 1.61 bits per heavy atom. The summed E-state index contributed by atoms with van der Waals surface area (Å²) in [6.45, 7) is 0.152. The molecule has 0 spiro atoms. The number of aromatic carboxylic acids is 1. The summed E-state index contributed by atoms with van der Waals surface area (Å²) in [4.78, 5) is 11.0. The average molecular weight is 418 g/mol. The number of rotatable bonds is 7. The maximum absolute atomic E-state index is 12.6. The van der Waals surface area contributed by atoms with E-state index in [1.54, 1.807) is 36.4 Å². The minimum absolute atomic E-state index is 0.0796. The number of hydrogen-bond donors (Lipinski definition) is 2. The highest BCUT2D eigenvalue weighted by Crippen LogP contribution is 2.27.